The van der Waals surface area contributed by atoms with Crippen molar-refractivity contribution in [2.24, 2.45) is 5.16 Å². The van der Waals surface area contributed by atoms with Gasteiger partial charge in [0.25, 0.3) is 0 Å². The molecule has 3 rings (SSSR count). The summed E-state index contributed by atoms with van der Waals surface area (Å²) >= 11 is 18.6. The number of nitriles is 1. The maximum Gasteiger partial charge on any atom is 0.180 e. The zero-order valence-corrected chi connectivity index (χ0v) is 19.4. The average Bonchev–Trinajstić information content (AvgIpc) is 2.78. The highest BCUT2D eigenvalue weighted by Gasteiger charge is 2.13. The van der Waals surface area contributed by atoms with Gasteiger partial charge in [-0.1, -0.05) is 64.2 Å². The number of oxime groups is 1. The Morgan fingerprint density at radius 1 is 0.938 bits per heavy atom. The average molecular weight is 490 g/mol. The number of benzene rings is 3. The highest BCUT2D eigenvalue weighted by molar-refractivity contribution is 6.35. The molecule has 0 amide bonds. The normalized spacial score (nSPS) is 10.7. The van der Waals surface area contributed by atoms with E-state index in [1.165, 1.54) is 6.21 Å². The van der Waals surface area contributed by atoms with Crippen molar-refractivity contribution in [2.75, 3.05) is 6.61 Å². The molecule has 0 saturated heterocycles. The molecule has 0 atom stereocenters. The maximum absolute atomic E-state index is 9.14. The lowest BCUT2D eigenvalue weighted by Crippen LogP contribution is -2.02. The van der Waals surface area contributed by atoms with Gasteiger partial charge in [-0.25, -0.2) is 0 Å². The van der Waals surface area contributed by atoms with Gasteiger partial charge in [0.2, 0.25) is 0 Å². The Morgan fingerprint density at radius 3 is 2.50 bits per heavy atom. The van der Waals surface area contributed by atoms with Crippen molar-refractivity contribution in [2.45, 2.75) is 20.1 Å². The maximum atomic E-state index is 9.14. The molecule has 0 aromatic heterocycles. The molecule has 0 unspecified atom stereocenters. The van der Waals surface area contributed by atoms with Gasteiger partial charge in [0.15, 0.2) is 11.5 Å². The molecule has 0 spiro atoms. The Bertz CT molecular complexity index is 1160. The first-order valence-corrected chi connectivity index (χ1v) is 10.8. The number of hydrogen-bond donors (Lipinski definition) is 0. The second kappa shape index (κ2) is 11.6. The van der Waals surface area contributed by atoms with E-state index in [2.05, 4.69) is 11.2 Å². The number of hydrogen-bond acceptors (Lipinski definition) is 5. The molecule has 0 bridgehead atoms. The summed E-state index contributed by atoms with van der Waals surface area (Å²) in [4.78, 5) is 5.34. The topological polar surface area (TPSA) is 63.8 Å². The van der Waals surface area contributed by atoms with E-state index >= 15 is 0 Å². The molecule has 32 heavy (non-hydrogen) atoms. The first-order valence-electron chi connectivity index (χ1n) is 9.68. The summed E-state index contributed by atoms with van der Waals surface area (Å²) < 4.78 is 11.6. The van der Waals surface area contributed by atoms with Gasteiger partial charge in [0, 0.05) is 26.7 Å². The highest BCUT2D eigenvalue weighted by Crippen LogP contribution is 2.37. The van der Waals surface area contributed by atoms with Crippen LogP contribution in [0.4, 0.5) is 0 Å². The lowest BCUT2D eigenvalue weighted by molar-refractivity contribution is 0.132. The zero-order valence-electron chi connectivity index (χ0n) is 17.1. The summed E-state index contributed by atoms with van der Waals surface area (Å²) in [5.41, 5.74) is 2.74. The largest absolute Gasteiger partial charge is 0.490 e. The van der Waals surface area contributed by atoms with Crippen molar-refractivity contribution in [1.29, 1.82) is 5.26 Å². The quantitative estimate of drug-likeness (QED) is 0.239. The van der Waals surface area contributed by atoms with E-state index in [4.69, 9.17) is 54.4 Å². The van der Waals surface area contributed by atoms with Crippen LogP contribution < -0.4 is 9.47 Å². The lowest BCUT2D eigenvalue weighted by atomic mass is 10.1. The Kier molecular flexibility index (Phi) is 8.64. The second-order valence-corrected chi connectivity index (χ2v) is 7.82. The van der Waals surface area contributed by atoms with Crippen LogP contribution in [0.3, 0.4) is 0 Å². The Balaban J connectivity index is 1.71. The second-order valence-electron chi connectivity index (χ2n) is 6.56. The molecule has 0 fully saturated rings. The first-order chi connectivity index (χ1) is 15.5. The fourth-order valence-electron chi connectivity index (χ4n) is 2.81. The fourth-order valence-corrected chi connectivity index (χ4v) is 3.55. The molecular weight excluding hydrogens is 471 g/mol. The van der Waals surface area contributed by atoms with Crippen molar-refractivity contribution in [3.05, 3.63) is 91.9 Å². The molecule has 0 aliphatic rings. The first kappa shape index (κ1) is 23.7. The van der Waals surface area contributed by atoms with E-state index in [1.807, 2.05) is 19.1 Å². The SMILES string of the molecule is CCOc1cc(/C=N\OCc2ccccc2C#N)cc(Cl)c1OCc1ccc(Cl)cc1Cl. The van der Waals surface area contributed by atoms with Crippen molar-refractivity contribution in [1.82, 2.24) is 0 Å². The van der Waals surface area contributed by atoms with Crippen LogP contribution in [0, 0.1) is 11.3 Å². The molecule has 3 aromatic rings. The van der Waals surface area contributed by atoms with E-state index in [9.17, 15) is 0 Å². The van der Waals surface area contributed by atoms with Crippen molar-refractivity contribution < 1.29 is 14.3 Å². The standard InChI is InChI=1S/C24H19Cl3N2O3/c1-2-30-23-10-16(13-29-32-15-18-6-4-3-5-17(18)12-28)9-22(27)24(23)31-14-19-7-8-20(25)11-21(19)26/h3-11,13H,2,14-15H2,1H3/b29-13-. The molecule has 8 heteroatoms. The molecular formula is C24H19Cl3N2O3. The predicted octanol–water partition coefficient (Wildman–Crippen LogP) is 7.05. The number of rotatable bonds is 9. The summed E-state index contributed by atoms with van der Waals surface area (Å²) in [6.07, 6.45) is 1.52. The van der Waals surface area contributed by atoms with E-state index in [-0.39, 0.29) is 13.2 Å². The van der Waals surface area contributed by atoms with Gasteiger partial charge in [0.1, 0.15) is 13.2 Å². The monoisotopic (exact) mass is 488 g/mol. The molecule has 0 radical (unpaired) electrons. The van der Waals surface area contributed by atoms with E-state index in [1.54, 1.807) is 42.5 Å². The number of ether oxygens (including phenoxy) is 2. The third-order valence-electron chi connectivity index (χ3n) is 4.35. The Morgan fingerprint density at radius 2 is 1.75 bits per heavy atom. The number of halogens is 3. The lowest BCUT2D eigenvalue weighted by Gasteiger charge is -2.15. The molecule has 0 heterocycles. The molecule has 3 aromatic carbocycles. The minimum atomic E-state index is 0.176. The minimum Gasteiger partial charge on any atom is -0.490 e. The van der Waals surface area contributed by atoms with Gasteiger partial charge in [-0.2, -0.15) is 5.26 Å². The minimum absolute atomic E-state index is 0.176. The third-order valence-corrected chi connectivity index (χ3v) is 5.22. The van der Waals surface area contributed by atoms with Crippen molar-refractivity contribution in [3.63, 3.8) is 0 Å². The van der Waals surface area contributed by atoms with Crippen LogP contribution in [-0.4, -0.2) is 12.8 Å². The molecule has 0 aliphatic carbocycles. The summed E-state index contributed by atoms with van der Waals surface area (Å²) in [5, 5.41) is 14.5. The van der Waals surface area contributed by atoms with Crippen LogP contribution in [0.25, 0.3) is 0 Å². The molecule has 164 valence electrons. The Labute approximate surface area is 201 Å². The van der Waals surface area contributed by atoms with Gasteiger partial charge in [-0.3, -0.25) is 0 Å². The number of nitrogens with zero attached hydrogens (tertiary/aromatic N) is 2. The summed E-state index contributed by atoms with van der Waals surface area (Å²) in [7, 11) is 0. The summed E-state index contributed by atoms with van der Waals surface area (Å²) in [5.74, 6) is 0.877. The van der Waals surface area contributed by atoms with E-state index < -0.39 is 0 Å². The van der Waals surface area contributed by atoms with Crippen LogP contribution in [0.1, 0.15) is 29.2 Å². The van der Waals surface area contributed by atoms with Crippen LogP contribution in [-0.2, 0) is 18.1 Å². The predicted molar refractivity (Wildman–Crippen MR) is 127 cm³/mol. The van der Waals surface area contributed by atoms with Gasteiger partial charge >= 0.3 is 0 Å². The van der Waals surface area contributed by atoms with E-state index in [0.29, 0.717) is 44.3 Å². The van der Waals surface area contributed by atoms with Crippen LogP contribution in [0.5, 0.6) is 11.5 Å². The fraction of sp³-hybridized carbons (Fsp3) is 0.167. The van der Waals surface area contributed by atoms with Crippen LogP contribution in [0.15, 0.2) is 59.8 Å². The third kappa shape index (κ3) is 6.30. The van der Waals surface area contributed by atoms with Crippen LogP contribution in [0.2, 0.25) is 15.1 Å². The highest BCUT2D eigenvalue weighted by atomic mass is 35.5. The molecule has 0 N–H and O–H groups in total. The van der Waals surface area contributed by atoms with Crippen LogP contribution >= 0.6 is 34.8 Å². The van der Waals surface area contributed by atoms with E-state index in [0.717, 1.165) is 11.1 Å². The van der Waals surface area contributed by atoms with Crippen molar-refractivity contribution >= 4 is 41.0 Å². The van der Waals surface area contributed by atoms with Gasteiger partial charge < -0.3 is 14.3 Å². The van der Waals surface area contributed by atoms with Crippen molar-refractivity contribution in [3.8, 4) is 17.6 Å². The smallest absolute Gasteiger partial charge is 0.180 e. The molecule has 0 aliphatic heterocycles. The molecule has 0 saturated carbocycles. The molecule has 5 nitrogen and oxygen atoms in total. The van der Waals surface area contributed by atoms with Gasteiger partial charge in [-0.05, 0) is 37.3 Å². The zero-order chi connectivity index (χ0) is 22.9. The summed E-state index contributed by atoms with van der Waals surface area (Å²) in [6.45, 7) is 2.67. The van der Waals surface area contributed by atoms with Gasteiger partial charge in [0.05, 0.1) is 29.5 Å². The summed E-state index contributed by atoms with van der Waals surface area (Å²) in [6, 6.07) is 17.9. The Hall–Kier alpha value is -2.91. The van der Waals surface area contributed by atoms with Gasteiger partial charge in [-0.15, -0.1) is 0 Å².